The van der Waals surface area contributed by atoms with E-state index in [0.717, 1.165) is 0 Å². The molecule has 0 aromatic heterocycles. The summed E-state index contributed by atoms with van der Waals surface area (Å²) >= 11 is 18.7. The van der Waals surface area contributed by atoms with Crippen molar-refractivity contribution >= 4 is 47.4 Å². The van der Waals surface area contributed by atoms with E-state index in [9.17, 15) is 0 Å². The van der Waals surface area contributed by atoms with Crippen molar-refractivity contribution < 1.29 is 5.11 Å². The first-order chi connectivity index (χ1) is 2.94. The van der Waals surface area contributed by atoms with Crippen molar-refractivity contribution in [2.45, 2.75) is 16.7 Å². The molecule has 0 saturated heterocycles. The van der Waals surface area contributed by atoms with Crippen molar-refractivity contribution in [3.8, 4) is 0 Å². The lowest BCUT2D eigenvalue weighted by Crippen LogP contribution is -2.17. The van der Waals surface area contributed by atoms with E-state index in [0.29, 0.717) is 0 Å². The Balaban J connectivity index is 0. The number of rotatable bonds is 0. The molecule has 1 nitrogen and oxygen atoms in total. The Labute approximate surface area is 69.3 Å². The molecule has 0 saturated carbocycles. The lowest BCUT2D eigenvalue weighted by molar-refractivity contribution is 0.270. The third kappa shape index (κ3) is 5.32. The van der Waals surface area contributed by atoms with Gasteiger partial charge in [0.15, 0.2) is 0 Å². The molecule has 0 radical (unpaired) electrons. The molecular weight excluding hydrogens is 190 g/mol. The van der Waals surface area contributed by atoms with Crippen molar-refractivity contribution in [3.05, 3.63) is 0 Å². The summed E-state index contributed by atoms with van der Waals surface area (Å²) in [6.45, 7) is 0. The summed E-state index contributed by atoms with van der Waals surface area (Å²) in [5.41, 5.74) is -1.21. The maximum Gasteiger partial charge on any atom is 0.224 e. The number of aliphatic hydroxyl groups excluding tert-OH is 1. The molecule has 0 fully saturated rings. The highest BCUT2D eigenvalue weighted by Crippen LogP contribution is 2.31. The third-order valence-electron chi connectivity index (χ3n) is 0.293. The van der Waals surface area contributed by atoms with E-state index in [1.807, 2.05) is 0 Å². The average Bonchev–Trinajstić information content (AvgIpc) is 1.31. The van der Waals surface area contributed by atoms with Gasteiger partial charge in [-0.15, -0.1) is 12.6 Å². The van der Waals surface area contributed by atoms with Crippen LogP contribution in [-0.2, 0) is 0 Å². The van der Waals surface area contributed by atoms with Crippen LogP contribution in [0.2, 0.25) is 0 Å². The highest BCUT2D eigenvalue weighted by atomic mass is 35.6. The first-order valence-corrected chi connectivity index (χ1v) is 3.02. The van der Waals surface area contributed by atoms with Crippen molar-refractivity contribution in [2.24, 2.45) is 0 Å². The zero-order chi connectivity index (χ0) is 6.08. The Bertz CT molecular complexity index is 60.0. The number of halogens is 3. The predicted octanol–water partition coefficient (Wildman–Crippen LogP) is 2.24. The van der Waals surface area contributed by atoms with Gasteiger partial charge in [0.25, 0.3) is 0 Å². The molecular formula is C3H7Cl3OS. The van der Waals surface area contributed by atoms with Crippen molar-refractivity contribution in [1.82, 2.24) is 0 Å². The fourth-order valence-electron chi connectivity index (χ4n) is 0. The summed E-state index contributed by atoms with van der Waals surface area (Å²) in [6, 6.07) is 0. The Kier molecular flexibility index (Phi) is 6.06. The minimum absolute atomic E-state index is 0. The van der Waals surface area contributed by atoms with Crippen LogP contribution in [0.1, 0.15) is 7.43 Å². The van der Waals surface area contributed by atoms with Gasteiger partial charge >= 0.3 is 0 Å². The van der Waals surface area contributed by atoms with Crippen LogP contribution < -0.4 is 0 Å². The van der Waals surface area contributed by atoms with Crippen LogP contribution in [0, 0.1) is 0 Å². The summed E-state index contributed by atoms with van der Waals surface area (Å²) in [4.78, 5) is 0. The summed E-state index contributed by atoms with van der Waals surface area (Å²) < 4.78 is -1.66. The maximum atomic E-state index is 8.36. The van der Waals surface area contributed by atoms with Gasteiger partial charge in [-0.25, -0.2) is 0 Å². The van der Waals surface area contributed by atoms with Gasteiger partial charge in [-0.05, 0) is 0 Å². The van der Waals surface area contributed by atoms with Crippen LogP contribution in [0.4, 0.5) is 0 Å². The largest absolute Gasteiger partial charge is 0.378 e. The van der Waals surface area contributed by atoms with Gasteiger partial charge in [-0.3, -0.25) is 0 Å². The maximum absolute atomic E-state index is 8.36. The smallest absolute Gasteiger partial charge is 0.224 e. The van der Waals surface area contributed by atoms with E-state index < -0.39 is 9.23 Å². The molecule has 1 N–H and O–H groups in total. The molecule has 8 heavy (non-hydrogen) atoms. The van der Waals surface area contributed by atoms with Crippen LogP contribution in [0.25, 0.3) is 0 Å². The van der Waals surface area contributed by atoms with E-state index in [1.54, 1.807) is 0 Å². The fourth-order valence-corrected chi connectivity index (χ4v) is 0. The Hall–Kier alpha value is 1.18. The fraction of sp³-hybridized carbons (Fsp3) is 1.00. The van der Waals surface area contributed by atoms with E-state index in [-0.39, 0.29) is 7.43 Å². The summed E-state index contributed by atoms with van der Waals surface area (Å²) in [5.74, 6) is 0. The van der Waals surface area contributed by atoms with Crippen molar-refractivity contribution in [1.29, 1.82) is 0 Å². The average molecular weight is 198 g/mol. The molecule has 0 bridgehead atoms. The lowest BCUT2D eigenvalue weighted by atomic mass is 10.8. The van der Waals surface area contributed by atoms with Gasteiger partial charge in [-0.2, -0.15) is 0 Å². The summed E-state index contributed by atoms with van der Waals surface area (Å²) in [5, 5.41) is 8.36. The SMILES string of the molecule is C.OC(S)C(Cl)(Cl)Cl. The molecule has 0 aliphatic carbocycles. The van der Waals surface area contributed by atoms with Crippen LogP contribution in [0.3, 0.4) is 0 Å². The van der Waals surface area contributed by atoms with E-state index >= 15 is 0 Å². The van der Waals surface area contributed by atoms with Crippen molar-refractivity contribution in [3.63, 3.8) is 0 Å². The Morgan fingerprint density at radius 2 is 1.50 bits per heavy atom. The Morgan fingerprint density at radius 1 is 1.38 bits per heavy atom. The molecule has 5 heteroatoms. The molecule has 0 rings (SSSR count). The molecule has 52 valence electrons. The Morgan fingerprint density at radius 3 is 1.50 bits per heavy atom. The van der Waals surface area contributed by atoms with E-state index in [2.05, 4.69) is 12.6 Å². The first-order valence-electron chi connectivity index (χ1n) is 1.37. The number of alkyl halides is 3. The van der Waals surface area contributed by atoms with Gasteiger partial charge in [0.05, 0.1) is 0 Å². The zero-order valence-electron chi connectivity index (χ0n) is 3.11. The molecule has 1 atom stereocenters. The normalized spacial score (nSPS) is 14.6. The van der Waals surface area contributed by atoms with Gasteiger partial charge in [0, 0.05) is 0 Å². The molecule has 0 aromatic rings. The zero-order valence-corrected chi connectivity index (χ0v) is 6.27. The van der Waals surface area contributed by atoms with Crippen molar-refractivity contribution in [2.75, 3.05) is 0 Å². The molecule has 0 aliphatic rings. The number of thiol groups is 1. The highest BCUT2D eigenvalue weighted by molar-refractivity contribution is 7.81. The van der Waals surface area contributed by atoms with Crippen LogP contribution in [-0.4, -0.2) is 14.3 Å². The quantitative estimate of drug-likeness (QED) is 0.347. The molecule has 1 unspecified atom stereocenters. The van der Waals surface area contributed by atoms with Crippen LogP contribution >= 0.6 is 47.4 Å². The van der Waals surface area contributed by atoms with Crippen LogP contribution in [0.15, 0.2) is 0 Å². The second-order valence-electron chi connectivity index (χ2n) is 0.915. The van der Waals surface area contributed by atoms with E-state index in [4.69, 9.17) is 39.9 Å². The summed E-state index contributed by atoms with van der Waals surface area (Å²) in [7, 11) is 0. The molecule has 0 heterocycles. The number of aliphatic hydroxyl groups is 1. The van der Waals surface area contributed by atoms with Gasteiger partial charge in [0.2, 0.25) is 3.79 Å². The lowest BCUT2D eigenvalue weighted by Gasteiger charge is -2.11. The topological polar surface area (TPSA) is 20.2 Å². The second kappa shape index (κ2) is 4.07. The highest BCUT2D eigenvalue weighted by Gasteiger charge is 2.26. The van der Waals surface area contributed by atoms with E-state index in [1.165, 1.54) is 0 Å². The van der Waals surface area contributed by atoms with Gasteiger partial charge < -0.3 is 5.11 Å². The standard InChI is InChI=1S/C2H3Cl3OS.CH4/c3-2(4,5)1(6)7;/h1,6-7H;1H4. The second-order valence-corrected chi connectivity index (χ2v) is 3.77. The molecule has 0 spiro atoms. The minimum Gasteiger partial charge on any atom is -0.378 e. The number of hydrogen-bond donors (Lipinski definition) is 2. The van der Waals surface area contributed by atoms with Gasteiger partial charge in [-0.1, -0.05) is 42.2 Å². The number of hydrogen-bond acceptors (Lipinski definition) is 2. The molecule has 0 amide bonds. The molecule has 0 aliphatic heterocycles. The van der Waals surface area contributed by atoms with Crippen LogP contribution in [0.5, 0.6) is 0 Å². The van der Waals surface area contributed by atoms with Gasteiger partial charge in [0.1, 0.15) is 5.44 Å². The minimum atomic E-state index is -1.66. The third-order valence-corrected chi connectivity index (χ3v) is 1.76. The monoisotopic (exact) mass is 196 g/mol. The summed E-state index contributed by atoms with van der Waals surface area (Å²) in [6.07, 6.45) is 0. The molecule has 0 aromatic carbocycles. The predicted molar refractivity (Wildman–Crippen MR) is 42.0 cm³/mol. The first kappa shape index (κ1) is 11.9.